The number of piperidine rings is 1. The van der Waals surface area contributed by atoms with E-state index in [4.69, 9.17) is 0 Å². The second-order valence-corrected chi connectivity index (χ2v) is 7.91. The summed E-state index contributed by atoms with van der Waals surface area (Å²) in [7, 11) is 0. The number of nitrogens with one attached hydrogen (secondary N) is 3. The summed E-state index contributed by atoms with van der Waals surface area (Å²) in [5.41, 5.74) is 2.06. The smallest absolute Gasteiger partial charge is 0.321 e. The van der Waals surface area contributed by atoms with Crippen LogP contribution < -0.4 is 16.0 Å². The van der Waals surface area contributed by atoms with E-state index in [-0.39, 0.29) is 23.3 Å². The molecule has 3 aliphatic rings. The van der Waals surface area contributed by atoms with Gasteiger partial charge in [-0.25, -0.2) is 4.79 Å². The van der Waals surface area contributed by atoms with Gasteiger partial charge in [-0.15, -0.1) is 0 Å². The molecule has 6 heteroatoms. The van der Waals surface area contributed by atoms with Crippen LogP contribution in [0.1, 0.15) is 37.7 Å². The SMILES string of the molecule is O=C(NCc1cccc(NC(=O)N2CCCC2)c1)C1CC12CCNCC2. The van der Waals surface area contributed by atoms with E-state index in [0.29, 0.717) is 6.54 Å². The maximum Gasteiger partial charge on any atom is 0.321 e. The molecule has 2 heterocycles. The molecule has 6 nitrogen and oxygen atoms in total. The monoisotopic (exact) mass is 356 g/mol. The lowest BCUT2D eigenvalue weighted by atomic mass is 9.92. The van der Waals surface area contributed by atoms with Crippen molar-refractivity contribution in [3.05, 3.63) is 29.8 Å². The summed E-state index contributed by atoms with van der Waals surface area (Å²) in [6, 6.07) is 7.71. The highest BCUT2D eigenvalue weighted by atomic mass is 16.2. The van der Waals surface area contributed by atoms with Crippen LogP contribution in [-0.4, -0.2) is 43.0 Å². The first-order valence-corrected chi connectivity index (χ1v) is 9.80. The zero-order valence-corrected chi connectivity index (χ0v) is 15.2. The van der Waals surface area contributed by atoms with Crippen molar-refractivity contribution in [2.24, 2.45) is 11.3 Å². The first-order chi connectivity index (χ1) is 12.7. The molecule has 3 N–H and O–H groups in total. The molecule has 1 aromatic rings. The maximum atomic E-state index is 12.5. The fraction of sp³-hybridized carbons (Fsp3) is 0.600. The number of carbonyl (C=O) groups excluding carboxylic acids is 2. The Bertz CT molecular complexity index is 678. The average Bonchev–Trinajstić information content (AvgIpc) is 3.09. The topological polar surface area (TPSA) is 73.5 Å². The largest absolute Gasteiger partial charge is 0.352 e. The third kappa shape index (κ3) is 3.70. The van der Waals surface area contributed by atoms with Crippen LogP contribution in [0.3, 0.4) is 0 Å². The van der Waals surface area contributed by atoms with E-state index in [9.17, 15) is 9.59 Å². The lowest BCUT2D eigenvalue weighted by Crippen LogP contribution is -2.33. The molecule has 0 bridgehead atoms. The number of carbonyl (C=O) groups is 2. The molecule has 1 saturated carbocycles. The average molecular weight is 356 g/mol. The van der Waals surface area contributed by atoms with Crippen molar-refractivity contribution in [3.8, 4) is 0 Å². The number of urea groups is 1. The van der Waals surface area contributed by atoms with Crippen LogP contribution in [0.5, 0.6) is 0 Å². The van der Waals surface area contributed by atoms with Gasteiger partial charge in [0.1, 0.15) is 0 Å². The molecule has 2 aliphatic heterocycles. The molecule has 26 heavy (non-hydrogen) atoms. The normalized spacial score (nSPS) is 23.7. The summed E-state index contributed by atoms with van der Waals surface area (Å²) in [5, 5.41) is 9.42. The van der Waals surface area contributed by atoms with Crippen LogP contribution in [0.15, 0.2) is 24.3 Å². The van der Waals surface area contributed by atoms with Crippen LogP contribution >= 0.6 is 0 Å². The molecule has 1 spiro atoms. The summed E-state index contributed by atoms with van der Waals surface area (Å²) < 4.78 is 0. The van der Waals surface area contributed by atoms with E-state index in [1.54, 1.807) is 0 Å². The molecular formula is C20H28N4O2. The summed E-state index contributed by atoms with van der Waals surface area (Å²) in [6.07, 6.45) is 5.43. The van der Waals surface area contributed by atoms with Gasteiger partial charge in [0.15, 0.2) is 0 Å². The number of rotatable bonds is 4. The Balaban J connectivity index is 1.28. The van der Waals surface area contributed by atoms with Gasteiger partial charge in [0.2, 0.25) is 5.91 Å². The molecule has 0 radical (unpaired) electrons. The van der Waals surface area contributed by atoms with Crippen molar-refractivity contribution in [2.75, 3.05) is 31.5 Å². The minimum atomic E-state index is -0.0329. The second kappa shape index (κ2) is 7.27. The number of nitrogens with zero attached hydrogens (tertiary/aromatic N) is 1. The van der Waals surface area contributed by atoms with Crippen LogP contribution in [0.4, 0.5) is 10.5 Å². The first kappa shape index (κ1) is 17.3. The Morgan fingerprint density at radius 3 is 2.73 bits per heavy atom. The lowest BCUT2D eigenvalue weighted by molar-refractivity contribution is -0.123. The molecule has 1 aromatic carbocycles. The van der Waals surface area contributed by atoms with E-state index >= 15 is 0 Å². The van der Waals surface area contributed by atoms with Crippen molar-refractivity contribution in [2.45, 2.75) is 38.6 Å². The Morgan fingerprint density at radius 2 is 1.96 bits per heavy atom. The predicted molar refractivity (Wildman–Crippen MR) is 101 cm³/mol. The van der Waals surface area contributed by atoms with Gasteiger partial charge in [-0.2, -0.15) is 0 Å². The number of benzene rings is 1. The van der Waals surface area contributed by atoms with E-state index in [2.05, 4.69) is 16.0 Å². The van der Waals surface area contributed by atoms with Gasteiger partial charge in [0.25, 0.3) is 0 Å². The molecule has 1 atom stereocenters. The van der Waals surface area contributed by atoms with E-state index in [1.165, 1.54) is 0 Å². The van der Waals surface area contributed by atoms with E-state index in [0.717, 1.165) is 69.5 Å². The molecule has 1 aliphatic carbocycles. The Labute approximate surface area is 154 Å². The molecule has 3 amide bonds. The highest BCUT2D eigenvalue weighted by Crippen LogP contribution is 2.58. The Morgan fingerprint density at radius 1 is 1.19 bits per heavy atom. The molecule has 140 valence electrons. The Hall–Kier alpha value is -2.08. The summed E-state index contributed by atoms with van der Waals surface area (Å²) in [4.78, 5) is 26.5. The van der Waals surface area contributed by atoms with Crippen LogP contribution in [-0.2, 0) is 11.3 Å². The van der Waals surface area contributed by atoms with Gasteiger partial charge in [-0.1, -0.05) is 12.1 Å². The summed E-state index contributed by atoms with van der Waals surface area (Å²) >= 11 is 0. The van der Waals surface area contributed by atoms with Crippen molar-refractivity contribution in [3.63, 3.8) is 0 Å². The van der Waals surface area contributed by atoms with Gasteiger partial charge < -0.3 is 20.9 Å². The summed E-state index contributed by atoms with van der Waals surface area (Å²) in [6.45, 7) is 4.24. The number of hydrogen-bond acceptors (Lipinski definition) is 3. The maximum absolute atomic E-state index is 12.5. The van der Waals surface area contributed by atoms with Gasteiger partial charge in [0.05, 0.1) is 0 Å². The predicted octanol–water partition coefficient (Wildman–Crippen LogP) is 2.32. The fourth-order valence-electron chi connectivity index (χ4n) is 4.39. The van der Waals surface area contributed by atoms with Crippen LogP contribution in [0, 0.1) is 11.3 Å². The second-order valence-electron chi connectivity index (χ2n) is 7.91. The van der Waals surface area contributed by atoms with Gasteiger partial charge >= 0.3 is 6.03 Å². The molecule has 4 rings (SSSR count). The molecule has 3 fully saturated rings. The van der Waals surface area contributed by atoms with E-state index in [1.807, 2.05) is 29.2 Å². The lowest BCUT2D eigenvalue weighted by Gasteiger charge is -2.23. The van der Waals surface area contributed by atoms with Crippen molar-refractivity contribution >= 4 is 17.6 Å². The van der Waals surface area contributed by atoms with Crippen molar-refractivity contribution in [1.29, 1.82) is 0 Å². The van der Waals surface area contributed by atoms with Gasteiger partial charge in [-0.05, 0) is 68.3 Å². The number of anilines is 1. The van der Waals surface area contributed by atoms with Crippen molar-refractivity contribution < 1.29 is 9.59 Å². The molecule has 2 saturated heterocycles. The highest BCUT2D eigenvalue weighted by molar-refractivity contribution is 5.89. The quantitative estimate of drug-likeness (QED) is 0.775. The van der Waals surface area contributed by atoms with E-state index < -0.39 is 0 Å². The zero-order chi connectivity index (χ0) is 18.0. The number of hydrogen-bond donors (Lipinski definition) is 3. The van der Waals surface area contributed by atoms with Crippen LogP contribution in [0.2, 0.25) is 0 Å². The minimum absolute atomic E-state index is 0.0329. The zero-order valence-electron chi connectivity index (χ0n) is 15.2. The standard InChI is InChI=1S/C20H28N4O2/c25-18(17-13-20(17)6-8-21-9-7-20)22-14-15-4-3-5-16(12-15)23-19(26)24-10-1-2-11-24/h3-5,12,17,21H,1-2,6-11,13-14H2,(H,22,25)(H,23,26). The molecular weight excluding hydrogens is 328 g/mol. The first-order valence-electron chi connectivity index (χ1n) is 9.80. The minimum Gasteiger partial charge on any atom is -0.352 e. The van der Waals surface area contributed by atoms with Crippen LogP contribution in [0.25, 0.3) is 0 Å². The van der Waals surface area contributed by atoms with Gasteiger partial charge in [-0.3, -0.25) is 4.79 Å². The van der Waals surface area contributed by atoms with Gasteiger partial charge in [0, 0.05) is 31.2 Å². The summed E-state index contributed by atoms with van der Waals surface area (Å²) in [5.74, 6) is 0.362. The third-order valence-electron chi connectivity index (χ3n) is 6.14. The third-order valence-corrected chi connectivity index (χ3v) is 6.14. The molecule has 1 unspecified atom stereocenters. The molecule has 0 aromatic heterocycles. The number of likely N-dealkylation sites (tertiary alicyclic amines) is 1. The Kier molecular flexibility index (Phi) is 4.85. The fourth-order valence-corrected chi connectivity index (χ4v) is 4.39. The number of amides is 3. The van der Waals surface area contributed by atoms with Crippen molar-refractivity contribution in [1.82, 2.24) is 15.5 Å². The highest BCUT2D eigenvalue weighted by Gasteiger charge is 2.57.